The number of aromatic nitrogens is 1. The molecule has 0 unspecified atom stereocenters. The fraction of sp³-hybridized carbons (Fsp3) is 0.462. The minimum absolute atomic E-state index is 0.0204. The van der Waals surface area contributed by atoms with E-state index in [1.165, 1.54) is 23.2 Å². The van der Waals surface area contributed by atoms with Gasteiger partial charge in [-0.1, -0.05) is 0 Å². The number of rotatable bonds is 4. The fourth-order valence-corrected chi connectivity index (χ4v) is 1.57. The molecule has 0 aliphatic heterocycles. The maximum atomic E-state index is 12.1. The molecular formula is C13H19N3O3. The third kappa shape index (κ3) is 3.94. The normalized spacial score (nSPS) is 10.6. The summed E-state index contributed by atoms with van der Waals surface area (Å²) in [7, 11) is 0. The summed E-state index contributed by atoms with van der Waals surface area (Å²) in [5.41, 5.74) is 0.0942. The fourth-order valence-electron chi connectivity index (χ4n) is 1.57. The molecule has 0 bridgehead atoms. The molecule has 19 heavy (non-hydrogen) atoms. The van der Waals surface area contributed by atoms with Crippen molar-refractivity contribution in [2.24, 2.45) is 0 Å². The van der Waals surface area contributed by atoms with Crippen molar-refractivity contribution in [3.8, 4) is 0 Å². The van der Waals surface area contributed by atoms with Gasteiger partial charge >= 0.3 is 12.0 Å². The highest BCUT2D eigenvalue weighted by Crippen LogP contribution is 2.15. The molecule has 0 fully saturated rings. The zero-order valence-corrected chi connectivity index (χ0v) is 11.5. The Labute approximate surface area is 112 Å². The quantitative estimate of drug-likeness (QED) is 0.873. The number of aromatic carboxylic acids is 1. The molecule has 0 spiro atoms. The van der Waals surface area contributed by atoms with Crippen molar-refractivity contribution in [2.45, 2.75) is 39.8 Å². The third-order valence-electron chi connectivity index (χ3n) is 2.39. The minimum Gasteiger partial charge on any atom is -0.478 e. The predicted octanol–water partition coefficient (Wildman–Crippen LogP) is 2.11. The number of anilines is 1. The van der Waals surface area contributed by atoms with Crippen LogP contribution >= 0.6 is 0 Å². The van der Waals surface area contributed by atoms with Gasteiger partial charge in [-0.2, -0.15) is 0 Å². The summed E-state index contributed by atoms with van der Waals surface area (Å²) in [6.45, 7) is 7.48. The number of nitrogens with one attached hydrogen (secondary N) is 1. The largest absolute Gasteiger partial charge is 0.478 e. The van der Waals surface area contributed by atoms with Crippen LogP contribution in [0.1, 0.15) is 38.1 Å². The molecule has 0 saturated heterocycles. The minimum atomic E-state index is -1.04. The molecule has 0 aromatic carbocycles. The Morgan fingerprint density at radius 3 is 2.26 bits per heavy atom. The third-order valence-corrected chi connectivity index (χ3v) is 2.39. The maximum absolute atomic E-state index is 12.1. The van der Waals surface area contributed by atoms with E-state index in [1.807, 2.05) is 27.7 Å². The van der Waals surface area contributed by atoms with Crippen LogP contribution < -0.4 is 10.2 Å². The predicted molar refractivity (Wildman–Crippen MR) is 72.5 cm³/mol. The Balaban J connectivity index is 2.99. The van der Waals surface area contributed by atoms with Crippen LogP contribution in [0.4, 0.5) is 10.6 Å². The molecule has 0 atom stereocenters. The Morgan fingerprint density at radius 2 is 1.89 bits per heavy atom. The number of pyridine rings is 1. The molecule has 0 saturated carbocycles. The second-order valence-electron chi connectivity index (χ2n) is 4.78. The van der Waals surface area contributed by atoms with Gasteiger partial charge in [0, 0.05) is 18.3 Å². The summed E-state index contributed by atoms with van der Waals surface area (Å²) >= 11 is 0. The Hall–Kier alpha value is -2.11. The number of amides is 2. The summed E-state index contributed by atoms with van der Waals surface area (Å²) < 4.78 is 0. The van der Waals surface area contributed by atoms with Crippen LogP contribution in [0.25, 0.3) is 0 Å². The van der Waals surface area contributed by atoms with Crippen molar-refractivity contribution in [3.63, 3.8) is 0 Å². The monoisotopic (exact) mass is 265 g/mol. The number of nitrogens with zero attached hydrogens (tertiary/aromatic N) is 2. The lowest BCUT2D eigenvalue weighted by molar-refractivity contribution is 0.0696. The molecule has 1 heterocycles. The van der Waals surface area contributed by atoms with E-state index < -0.39 is 5.97 Å². The number of carboxylic acids is 1. The standard InChI is InChI=1S/C13H19N3O3/c1-8(2)15-13(19)16(9(3)4)11-6-5-10(7-14-11)12(17)18/h5-9H,1-4H3,(H,15,19)(H,17,18). The number of urea groups is 1. The van der Waals surface area contributed by atoms with Crippen LogP contribution in [0.2, 0.25) is 0 Å². The molecule has 6 heteroatoms. The van der Waals surface area contributed by atoms with Crippen LogP contribution in [-0.4, -0.2) is 34.2 Å². The first-order valence-electron chi connectivity index (χ1n) is 6.12. The van der Waals surface area contributed by atoms with Crippen molar-refractivity contribution < 1.29 is 14.7 Å². The van der Waals surface area contributed by atoms with Crippen molar-refractivity contribution in [3.05, 3.63) is 23.9 Å². The molecule has 104 valence electrons. The summed E-state index contributed by atoms with van der Waals surface area (Å²) in [6.07, 6.45) is 1.25. The van der Waals surface area contributed by atoms with E-state index in [2.05, 4.69) is 10.3 Å². The molecule has 0 aliphatic rings. The van der Waals surface area contributed by atoms with Crippen molar-refractivity contribution in [1.82, 2.24) is 10.3 Å². The highest BCUT2D eigenvalue weighted by Gasteiger charge is 2.20. The first-order chi connectivity index (χ1) is 8.82. The molecule has 2 N–H and O–H groups in total. The first kappa shape index (κ1) is 14.9. The van der Waals surface area contributed by atoms with Crippen molar-refractivity contribution >= 4 is 17.8 Å². The molecule has 2 amide bonds. The highest BCUT2D eigenvalue weighted by atomic mass is 16.4. The zero-order chi connectivity index (χ0) is 14.6. The highest BCUT2D eigenvalue weighted by molar-refractivity contribution is 5.92. The van der Waals surface area contributed by atoms with Gasteiger partial charge in [-0.25, -0.2) is 14.6 Å². The molecule has 0 radical (unpaired) electrons. The maximum Gasteiger partial charge on any atom is 0.337 e. The topological polar surface area (TPSA) is 82.5 Å². The van der Waals surface area contributed by atoms with Gasteiger partial charge in [-0.05, 0) is 39.8 Å². The van der Waals surface area contributed by atoms with Gasteiger partial charge < -0.3 is 10.4 Å². The summed E-state index contributed by atoms with van der Waals surface area (Å²) in [4.78, 5) is 28.4. The van der Waals surface area contributed by atoms with Crippen molar-refractivity contribution in [1.29, 1.82) is 0 Å². The van der Waals surface area contributed by atoms with Crippen LogP contribution in [0.15, 0.2) is 18.3 Å². The van der Waals surface area contributed by atoms with Crippen LogP contribution in [0.5, 0.6) is 0 Å². The number of carbonyl (C=O) groups is 2. The van der Waals surface area contributed by atoms with Gasteiger partial charge in [0.25, 0.3) is 0 Å². The average Bonchev–Trinajstić information content (AvgIpc) is 2.28. The summed E-state index contributed by atoms with van der Waals surface area (Å²) in [5.74, 6) is -0.611. The first-order valence-corrected chi connectivity index (χ1v) is 6.12. The van der Waals surface area contributed by atoms with Crippen LogP contribution in [0, 0.1) is 0 Å². The lowest BCUT2D eigenvalue weighted by Crippen LogP contribution is -2.46. The second-order valence-corrected chi connectivity index (χ2v) is 4.78. The molecule has 6 nitrogen and oxygen atoms in total. The molecule has 1 aromatic rings. The van der Waals surface area contributed by atoms with Crippen molar-refractivity contribution in [2.75, 3.05) is 4.90 Å². The van der Waals surface area contributed by atoms with Gasteiger partial charge in [0.15, 0.2) is 0 Å². The van der Waals surface area contributed by atoms with E-state index in [0.717, 1.165) is 0 Å². The van der Waals surface area contributed by atoms with E-state index in [0.29, 0.717) is 5.82 Å². The molecule has 0 aliphatic carbocycles. The Kier molecular flexibility index (Phi) is 4.86. The van der Waals surface area contributed by atoms with Gasteiger partial charge in [-0.15, -0.1) is 0 Å². The van der Waals surface area contributed by atoms with E-state index in [9.17, 15) is 9.59 Å². The lowest BCUT2D eigenvalue weighted by atomic mass is 10.2. The number of carbonyl (C=O) groups excluding carboxylic acids is 1. The summed E-state index contributed by atoms with van der Waals surface area (Å²) in [6, 6.07) is 2.65. The smallest absolute Gasteiger partial charge is 0.337 e. The molecular weight excluding hydrogens is 246 g/mol. The molecule has 1 rings (SSSR count). The van der Waals surface area contributed by atoms with Crippen LogP contribution in [0.3, 0.4) is 0 Å². The Bertz CT molecular complexity index is 455. The van der Waals surface area contributed by atoms with E-state index in [1.54, 1.807) is 0 Å². The van der Waals surface area contributed by atoms with E-state index >= 15 is 0 Å². The van der Waals surface area contributed by atoms with Crippen LogP contribution in [-0.2, 0) is 0 Å². The zero-order valence-electron chi connectivity index (χ0n) is 11.5. The average molecular weight is 265 g/mol. The number of hydrogen-bond donors (Lipinski definition) is 2. The van der Waals surface area contributed by atoms with Gasteiger partial charge in [0.2, 0.25) is 0 Å². The van der Waals surface area contributed by atoms with E-state index in [-0.39, 0.29) is 23.7 Å². The van der Waals surface area contributed by atoms with Gasteiger partial charge in [-0.3, -0.25) is 4.90 Å². The number of carboxylic acid groups (broad SMARTS) is 1. The number of hydrogen-bond acceptors (Lipinski definition) is 3. The SMILES string of the molecule is CC(C)NC(=O)N(c1ccc(C(=O)O)cn1)C(C)C. The second kappa shape index (κ2) is 6.17. The Morgan fingerprint density at radius 1 is 1.26 bits per heavy atom. The van der Waals surface area contributed by atoms with Gasteiger partial charge in [0.05, 0.1) is 5.56 Å². The summed E-state index contributed by atoms with van der Waals surface area (Å²) in [5, 5.41) is 11.6. The molecule has 1 aromatic heterocycles. The van der Waals surface area contributed by atoms with Gasteiger partial charge in [0.1, 0.15) is 5.82 Å². The lowest BCUT2D eigenvalue weighted by Gasteiger charge is -2.27. The van der Waals surface area contributed by atoms with E-state index in [4.69, 9.17) is 5.11 Å².